The SMILES string of the molecule is CC.Cc1cc(Cl)cc(C(=O)O)c1N. The molecule has 0 aliphatic heterocycles. The van der Waals surface area contributed by atoms with E-state index in [1.54, 1.807) is 13.0 Å². The molecule has 78 valence electrons. The molecular formula is C10H14ClNO2. The third kappa shape index (κ3) is 2.92. The lowest BCUT2D eigenvalue weighted by Gasteiger charge is -2.04. The number of rotatable bonds is 1. The summed E-state index contributed by atoms with van der Waals surface area (Å²) in [6.07, 6.45) is 0. The summed E-state index contributed by atoms with van der Waals surface area (Å²) in [5, 5.41) is 9.06. The van der Waals surface area contributed by atoms with Gasteiger partial charge in [-0.3, -0.25) is 0 Å². The van der Waals surface area contributed by atoms with Gasteiger partial charge in [0, 0.05) is 10.7 Å². The van der Waals surface area contributed by atoms with Gasteiger partial charge in [-0.15, -0.1) is 0 Å². The molecule has 0 saturated heterocycles. The van der Waals surface area contributed by atoms with E-state index < -0.39 is 5.97 Å². The lowest BCUT2D eigenvalue weighted by Crippen LogP contribution is -2.03. The van der Waals surface area contributed by atoms with Crippen LogP contribution in [0.3, 0.4) is 0 Å². The normalized spacial score (nSPS) is 8.86. The third-order valence-electron chi connectivity index (χ3n) is 1.58. The van der Waals surface area contributed by atoms with Crippen LogP contribution in [0.5, 0.6) is 0 Å². The van der Waals surface area contributed by atoms with Crippen molar-refractivity contribution in [2.45, 2.75) is 20.8 Å². The van der Waals surface area contributed by atoms with Crippen LogP contribution in [0.4, 0.5) is 5.69 Å². The van der Waals surface area contributed by atoms with E-state index in [0.29, 0.717) is 10.6 Å². The molecule has 0 spiro atoms. The highest BCUT2D eigenvalue weighted by atomic mass is 35.5. The molecule has 0 heterocycles. The van der Waals surface area contributed by atoms with Gasteiger partial charge in [0.25, 0.3) is 0 Å². The van der Waals surface area contributed by atoms with Crippen molar-refractivity contribution in [3.63, 3.8) is 0 Å². The van der Waals surface area contributed by atoms with Gasteiger partial charge in [0.05, 0.1) is 5.56 Å². The van der Waals surface area contributed by atoms with E-state index >= 15 is 0 Å². The van der Waals surface area contributed by atoms with E-state index in [2.05, 4.69) is 0 Å². The molecule has 3 nitrogen and oxygen atoms in total. The standard InChI is InChI=1S/C8H8ClNO2.C2H6/c1-4-2-5(9)3-6(7(4)10)8(11)12;1-2/h2-3H,10H2,1H3,(H,11,12);1-2H3. The number of nitrogens with two attached hydrogens (primary N) is 1. The maximum atomic E-state index is 10.6. The molecule has 14 heavy (non-hydrogen) atoms. The van der Waals surface area contributed by atoms with Crippen LogP contribution in [-0.2, 0) is 0 Å². The van der Waals surface area contributed by atoms with Gasteiger partial charge in [-0.25, -0.2) is 4.79 Å². The Kier molecular flexibility index (Phi) is 5.02. The number of hydrogen-bond donors (Lipinski definition) is 2. The number of carboxylic acids is 1. The number of anilines is 1. The Morgan fingerprint density at radius 3 is 2.36 bits per heavy atom. The fraction of sp³-hybridized carbons (Fsp3) is 0.300. The van der Waals surface area contributed by atoms with Crippen molar-refractivity contribution < 1.29 is 9.90 Å². The zero-order valence-corrected chi connectivity index (χ0v) is 9.22. The monoisotopic (exact) mass is 215 g/mol. The van der Waals surface area contributed by atoms with Crippen LogP contribution in [0.1, 0.15) is 29.8 Å². The van der Waals surface area contributed by atoms with E-state index in [4.69, 9.17) is 22.4 Å². The molecule has 0 bridgehead atoms. The molecule has 0 aliphatic carbocycles. The molecule has 3 N–H and O–H groups in total. The summed E-state index contributed by atoms with van der Waals surface area (Å²) in [6, 6.07) is 2.97. The van der Waals surface area contributed by atoms with Crippen molar-refractivity contribution in [3.05, 3.63) is 28.3 Å². The van der Waals surface area contributed by atoms with Gasteiger partial charge in [0.1, 0.15) is 0 Å². The summed E-state index contributed by atoms with van der Waals surface area (Å²) in [7, 11) is 0. The maximum absolute atomic E-state index is 10.6. The second kappa shape index (κ2) is 5.50. The molecule has 1 rings (SSSR count). The van der Waals surface area contributed by atoms with Crippen LogP contribution in [0, 0.1) is 6.92 Å². The minimum Gasteiger partial charge on any atom is -0.478 e. The molecular weight excluding hydrogens is 202 g/mol. The number of benzene rings is 1. The number of carboxylic acid groups (broad SMARTS) is 1. The van der Waals surface area contributed by atoms with Crippen LogP contribution in [-0.4, -0.2) is 11.1 Å². The van der Waals surface area contributed by atoms with E-state index in [1.807, 2.05) is 13.8 Å². The first-order valence-corrected chi connectivity index (χ1v) is 4.69. The number of nitrogen functional groups attached to an aromatic ring is 1. The van der Waals surface area contributed by atoms with Gasteiger partial charge in [-0.05, 0) is 24.6 Å². The topological polar surface area (TPSA) is 63.3 Å². The largest absolute Gasteiger partial charge is 0.478 e. The summed E-state index contributed by atoms with van der Waals surface area (Å²) in [4.78, 5) is 10.6. The first-order chi connectivity index (χ1) is 6.52. The van der Waals surface area contributed by atoms with Crippen molar-refractivity contribution in [1.29, 1.82) is 0 Å². The molecule has 0 saturated carbocycles. The highest BCUT2D eigenvalue weighted by Gasteiger charge is 2.10. The van der Waals surface area contributed by atoms with E-state index in [0.717, 1.165) is 0 Å². The quantitative estimate of drug-likeness (QED) is 0.708. The molecule has 4 heteroatoms. The van der Waals surface area contributed by atoms with Crippen molar-refractivity contribution in [1.82, 2.24) is 0 Å². The van der Waals surface area contributed by atoms with Gasteiger partial charge in [0.15, 0.2) is 0 Å². The van der Waals surface area contributed by atoms with Gasteiger partial charge in [-0.2, -0.15) is 0 Å². The highest BCUT2D eigenvalue weighted by molar-refractivity contribution is 6.31. The first-order valence-electron chi connectivity index (χ1n) is 4.31. The summed E-state index contributed by atoms with van der Waals surface area (Å²) in [6.45, 7) is 5.72. The molecule has 0 atom stereocenters. The predicted octanol–water partition coefficient (Wildman–Crippen LogP) is 2.96. The van der Waals surface area contributed by atoms with E-state index in [-0.39, 0.29) is 11.3 Å². The van der Waals surface area contributed by atoms with Gasteiger partial charge in [-0.1, -0.05) is 25.4 Å². The third-order valence-corrected chi connectivity index (χ3v) is 1.80. The van der Waals surface area contributed by atoms with Crippen molar-refractivity contribution in [2.75, 3.05) is 5.73 Å². The van der Waals surface area contributed by atoms with E-state index in [1.165, 1.54) is 6.07 Å². The van der Waals surface area contributed by atoms with Crippen LogP contribution in [0.25, 0.3) is 0 Å². The Morgan fingerprint density at radius 1 is 1.43 bits per heavy atom. The Labute approximate surface area is 88.5 Å². The minimum absolute atomic E-state index is 0.0556. The van der Waals surface area contributed by atoms with Gasteiger partial charge >= 0.3 is 5.97 Å². The smallest absolute Gasteiger partial charge is 0.337 e. The van der Waals surface area contributed by atoms with E-state index in [9.17, 15) is 4.79 Å². The summed E-state index contributed by atoms with van der Waals surface area (Å²) in [5.41, 5.74) is 6.52. The Balaban J connectivity index is 0.000000791. The zero-order valence-electron chi connectivity index (χ0n) is 8.47. The predicted molar refractivity (Wildman–Crippen MR) is 58.9 cm³/mol. The molecule has 0 radical (unpaired) electrons. The summed E-state index contributed by atoms with van der Waals surface area (Å²) < 4.78 is 0. The molecule has 0 unspecified atom stereocenters. The first kappa shape index (κ1) is 12.8. The zero-order chi connectivity index (χ0) is 11.3. The van der Waals surface area contributed by atoms with Crippen LogP contribution >= 0.6 is 11.6 Å². The second-order valence-corrected chi connectivity index (χ2v) is 2.93. The molecule has 0 aliphatic rings. The number of aryl methyl sites for hydroxylation is 1. The van der Waals surface area contributed by atoms with Gasteiger partial charge in [0.2, 0.25) is 0 Å². The number of halogens is 1. The molecule has 0 fully saturated rings. The Morgan fingerprint density at radius 2 is 1.93 bits per heavy atom. The lowest BCUT2D eigenvalue weighted by atomic mass is 10.1. The number of carbonyl (C=O) groups is 1. The lowest BCUT2D eigenvalue weighted by molar-refractivity contribution is 0.0698. The maximum Gasteiger partial charge on any atom is 0.337 e. The fourth-order valence-electron chi connectivity index (χ4n) is 0.931. The summed E-state index contributed by atoms with van der Waals surface area (Å²) in [5.74, 6) is -1.06. The average molecular weight is 216 g/mol. The average Bonchev–Trinajstić information content (AvgIpc) is 2.14. The Hall–Kier alpha value is -1.22. The molecule has 1 aromatic carbocycles. The minimum atomic E-state index is -1.06. The molecule has 0 amide bonds. The summed E-state index contributed by atoms with van der Waals surface area (Å²) >= 11 is 5.65. The van der Waals surface area contributed by atoms with Crippen LogP contribution < -0.4 is 5.73 Å². The Bertz CT molecular complexity index is 337. The second-order valence-electron chi connectivity index (χ2n) is 2.49. The van der Waals surface area contributed by atoms with Crippen LogP contribution in [0.15, 0.2) is 12.1 Å². The highest BCUT2D eigenvalue weighted by Crippen LogP contribution is 2.22. The molecule has 0 aromatic heterocycles. The van der Waals surface area contributed by atoms with Crippen molar-refractivity contribution in [3.8, 4) is 0 Å². The molecule has 1 aromatic rings. The fourth-order valence-corrected chi connectivity index (χ4v) is 1.20. The van der Waals surface area contributed by atoms with Crippen molar-refractivity contribution >= 4 is 23.3 Å². The number of hydrogen-bond acceptors (Lipinski definition) is 2. The van der Waals surface area contributed by atoms with Gasteiger partial charge < -0.3 is 10.8 Å². The van der Waals surface area contributed by atoms with Crippen molar-refractivity contribution in [2.24, 2.45) is 0 Å². The van der Waals surface area contributed by atoms with Crippen LogP contribution in [0.2, 0.25) is 5.02 Å². The number of aromatic carboxylic acids is 1.